The van der Waals surface area contributed by atoms with Crippen molar-refractivity contribution in [3.05, 3.63) is 59.3 Å². The van der Waals surface area contributed by atoms with Crippen LogP contribution in [0.3, 0.4) is 0 Å². The third-order valence-electron chi connectivity index (χ3n) is 5.73. The Morgan fingerprint density at radius 2 is 1.87 bits per heavy atom. The van der Waals surface area contributed by atoms with E-state index in [0.29, 0.717) is 28.9 Å². The summed E-state index contributed by atoms with van der Waals surface area (Å²) in [5, 5.41) is 3.60. The average Bonchev–Trinajstić information content (AvgIpc) is 3.16. The number of rotatable bonds is 5. The van der Waals surface area contributed by atoms with E-state index >= 15 is 0 Å². The second kappa shape index (κ2) is 8.20. The predicted molar refractivity (Wildman–Crippen MR) is 115 cm³/mol. The molecule has 7 nitrogen and oxygen atoms in total. The molecule has 2 heterocycles. The van der Waals surface area contributed by atoms with Gasteiger partial charge in [0.15, 0.2) is 0 Å². The van der Waals surface area contributed by atoms with Gasteiger partial charge in [0.05, 0.1) is 36.9 Å². The van der Waals surface area contributed by atoms with Crippen LogP contribution in [0.1, 0.15) is 28.5 Å². The molecule has 1 aliphatic heterocycles. The fourth-order valence-electron chi connectivity index (χ4n) is 4.01. The smallest absolute Gasteiger partial charge is 0.356 e. The third-order valence-corrected chi connectivity index (χ3v) is 5.73. The molecule has 1 aromatic heterocycles. The number of benzene rings is 2. The Labute approximate surface area is 175 Å². The maximum atomic E-state index is 13.2. The highest BCUT2D eigenvalue weighted by Crippen LogP contribution is 2.36. The number of fused-ring (bicyclic) bond motifs is 2. The third kappa shape index (κ3) is 3.52. The number of H-pyrrole nitrogens is 1. The van der Waals surface area contributed by atoms with E-state index in [4.69, 9.17) is 9.47 Å². The van der Waals surface area contributed by atoms with Gasteiger partial charge in [0.1, 0.15) is 11.4 Å². The number of nitrogens with one attached hydrogen (secondary N) is 2. The number of carbonyl (C=O) groups excluding carboxylic acids is 2. The van der Waals surface area contributed by atoms with Crippen LogP contribution in [0.2, 0.25) is 0 Å². The fraction of sp³-hybridized carbons (Fsp3) is 0.304. The summed E-state index contributed by atoms with van der Waals surface area (Å²) in [4.78, 5) is 30.7. The number of hydrogen-bond acceptors (Lipinski definition) is 5. The molecule has 0 spiro atoms. The summed E-state index contributed by atoms with van der Waals surface area (Å²) in [6, 6.07) is 13.4. The van der Waals surface area contributed by atoms with Crippen LogP contribution in [-0.4, -0.2) is 48.6 Å². The van der Waals surface area contributed by atoms with E-state index in [0.717, 1.165) is 13.0 Å². The zero-order valence-corrected chi connectivity index (χ0v) is 17.3. The first kappa shape index (κ1) is 20.0. The molecule has 1 amide bonds. The lowest BCUT2D eigenvalue weighted by molar-refractivity contribution is -0.121. The molecular weight excluding hydrogens is 382 g/mol. The van der Waals surface area contributed by atoms with Crippen LogP contribution < -0.4 is 10.1 Å². The standard InChI is InChI=1S/C23H25N3O4/c1-14(26-12-11-15-7-4-5-8-16(15)13-26)22(27)25-20-19-17(9-6-10-18(19)29-2)24-21(20)23(28)30-3/h4-10,14,24H,11-13H2,1-3H3,(H,25,27)/t14-/m1/s1. The zero-order valence-electron chi connectivity index (χ0n) is 17.3. The van der Waals surface area contributed by atoms with Crippen molar-refractivity contribution in [2.75, 3.05) is 26.1 Å². The molecule has 156 valence electrons. The van der Waals surface area contributed by atoms with E-state index in [9.17, 15) is 9.59 Å². The zero-order chi connectivity index (χ0) is 21.3. The molecule has 1 atom stereocenters. The summed E-state index contributed by atoms with van der Waals surface area (Å²) >= 11 is 0. The Bertz CT molecular complexity index is 1110. The van der Waals surface area contributed by atoms with Crippen molar-refractivity contribution >= 4 is 28.5 Å². The second-order valence-corrected chi connectivity index (χ2v) is 7.40. The maximum absolute atomic E-state index is 13.2. The Kier molecular flexibility index (Phi) is 5.46. The van der Waals surface area contributed by atoms with Gasteiger partial charge >= 0.3 is 5.97 Å². The first-order chi connectivity index (χ1) is 14.5. The highest BCUT2D eigenvalue weighted by Gasteiger charge is 2.28. The highest BCUT2D eigenvalue weighted by molar-refractivity contribution is 6.13. The minimum atomic E-state index is -0.553. The number of methoxy groups -OCH3 is 2. The first-order valence-electron chi connectivity index (χ1n) is 9.92. The highest BCUT2D eigenvalue weighted by atomic mass is 16.5. The Balaban J connectivity index is 1.63. The summed E-state index contributed by atoms with van der Waals surface area (Å²) in [5.74, 6) is -0.178. The van der Waals surface area contributed by atoms with Crippen molar-refractivity contribution in [3.8, 4) is 5.75 Å². The molecule has 30 heavy (non-hydrogen) atoms. The van der Waals surface area contributed by atoms with Gasteiger partial charge in [-0.25, -0.2) is 4.79 Å². The van der Waals surface area contributed by atoms with Crippen LogP contribution in [0.15, 0.2) is 42.5 Å². The van der Waals surface area contributed by atoms with Crippen LogP contribution in [-0.2, 0) is 22.5 Å². The number of hydrogen-bond donors (Lipinski definition) is 2. The fourth-order valence-corrected chi connectivity index (χ4v) is 4.01. The molecular formula is C23H25N3O4. The summed E-state index contributed by atoms with van der Waals surface area (Å²) in [7, 11) is 2.86. The molecule has 0 saturated carbocycles. The molecule has 7 heteroatoms. The number of aromatic nitrogens is 1. The summed E-state index contributed by atoms with van der Waals surface area (Å²) in [6.07, 6.45) is 0.905. The van der Waals surface area contributed by atoms with E-state index in [1.807, 2.05) is 31.2 Å². The van der Waals surface area contributed by atoms with Gasteiger partial charge < -0.3 is 19.8 Å². The van der Waals surface area contributed by atoms with Gasteiger partial charge in [-0.3, -0.25) is 9.69 Å². The molecule has 0 bridgehead atoms. The molecule has 4 rings (SSSR count). The van der Waals surface area contributed by atoms with Gasteiger partial charge in [-0.1, -0.05) is 30.3 Å². The van der Waals surface area contributed by atoms with E-state index in [-0.39, 0.29) is 17.6 Å². The average molecular weight is 407 g/mol. The van der Waals surface area contributed by atoms with E-state index in [2.05, 4.69) is 27.3 Å². The van der Waals surface area contributed by atoms with Crippen LogP contribution in [0.5, 0.6) is 5.75 Å². The predicted octanol–water partition coefficient (Wildman–Crippen LogP) is 3.35. The summed E-state index contributed by atoms with van der Waals surface area (Å²) in [5.41, 5.74) is 3.83. The van der Waals surface area contributed by atoms with Crippen molar-refractivity contribution in [3.63, 3.8) is 0 Å². The minimum Gasteiger partial charge on any atom is -0.496 e. The van der Waals surface area contributed by atoms with Gasteiger partial charge in [-0.2, -0.15) is 0 Å². The monoisotopic (exact) mass is 407 g/mol. The number of esters is 1. The van der Waals surface area contributed by atoms with Crippen molar-refractivity contribution in [1.82, 2.24) is 9.88 Å². The van der Waals surface area contributed by atoms with Gasteiger partial charge in [-0.15, -0.1) is 0 Å². The molecule has 0 aliphatic carbocycles. The molecule has 0 saturated heterocycles. The number of anilines is 1. The molecule has 3 aromatic rings. The van der Waals surface area contributed by atoms with Gasteiger partial charge in [0.2, 0.25) is 5.91 Å². The maximum Gasteiger partial charge on any atom is 0.356 e. The SMILES string of the molecule is COC(=O)c1[nH]c2cccc(OC)c2c1NC(=O)[C@@H](C)N1CCc2ccccc2C1. The van der Waals surface area contributed by atoms with Crippen molar-refractivity contribution < 1.29 is 19.1 Å². The Hall–Kier alpha value is -3.32. The van der Waals surface area contributed by atoms with E-state index in [1.54, 1.807) is 13.2 Å². The topological polar surface area (TPSA) is 83.7 Å². The van der Waals surface area contributed by atoms with Gasteiger partial charge in [0, 0.05) is 13.1 Å². The molecule has 2 N–H and O–H groups in total. The number of aromatic amines is 1. The Morgan fingerprint density at radius 3 is 2.60 bits per heavy atom. The van der Waals surface area contributed by atoms with Gasteiger partial charge in [0.25, 0.3) is 0 Å². The number of carbonyl (C=O) groups is 2. The number of nitrogens with zero attached hydrogens (tertiary/aromatic N) is 1. The van der Waals surface area contributed by atoms with Crippen molar-refractivity contribution in [2.45, 2.75) is 25.9 Å². The lowest BCUT2D eigenvalue weighted by atomic mass is 9.98. The van der Waals surface area contributed by atoms with Crippen LogP contribution in [0.4, 0.5) is 5.69 Å². The van der Waals surface area contributed by atoms with Crippen molar-refractivity contribution in [2.24, 2.45) is 0 Å². The summed E-state index contributed by atoms with van der Waals surface area (Å²) in [6.45, 7) is 3.39. The quantitative estimate of drug-likeness (QED) is 0.634. The van der Waals surface area contributed by atoms with E-state index < -0.39 is 5.97 Å². The van der Waals surface area contributed by atoms with Crippen LogP contribution >= 0.6 is 0 Å². The van der Waals surface area contributed by atoms with Gasteiger partial charge in [-0.05, 0) is 36.6 Å². The second-order valence-electron chi connectivity index (χ2n) is 7.40. The lowest BCUT2D eigenvalue weighted by Crippen LogP contribution is -2.44. The molecule has 1 aliphatic rings. The normalized spacial score (nSPS) is 14.8. The molecule has 0 radical (unpaired) electrons. The molecule has 0 fully saturated rings. The largest absolute Gasteiger partial charge is 0.496 e. The molecule has 2 aromatic carbocycles. The minimum absolute atomic E-state index is 0.189. The van der Waals surface area contributed by atoms with E-state index in [1.165, 1.54) is 18.2 Å². The molecule has 0 unspecified atom stereocenters. The number of ether oxygens (including phenoxy) is 2. The first-order valence-corrected chi connectivity index (χ1v) is 9.92. The van der Waals surface area contributed by atoms with Crippen molar-refractivity contribution in [1.29, 1.82) is 0 Å². The van der Waals surface area contributed by atoms with Crippen LogP contribution in [0, 0.1) is 0 Å². The lowest BCUT2D eigenvalue weighted by Gasteiger charge is -2.32. The Morgan fingerprint density at radius 1 is 1.10 bits per heavy atom. The number of amides is 1. The van der Waals surface area contributed by atoms with Crippen LogP contribution in [0.25, 0.3) is 10.9 Å². The summed E-state index contributed by atoms with van der Waals surface area (Å²) < 4.78 is 10.4.